The Labute approximate surface area is 110 Å². The number of hydrogen-bond donors (Lipinski definition) is 4. The van der Waals surface area contributed by atoms with Crippen molar-refractivity contribution >= 4 is 17.5 Å². The van der Waals surface area contributed by atoms with Crippen LogP contribution < -0.4 is 5.32 Å². The first kappa shape index (κ1) is 14.9. The number of rotatable bonds is 6. The van der Waals surface area contributed by atoms with Crippen molar-refractivity contribution in [2.45, 2.75) is 10.9 Å². The molecule has 1 aromatic rings. The highest BCUT2D eigenvalue weighted by Gasteiger charge is 2.32. The van der Waals surface area contributed by atoms with Gasteiger partial charge in [-0.2, -0.15) is 0 Å². The Balaban J connectivity index is 2.76. The minimum atomic E-state index is -1.46. The van der Waals surface area contributed by atoms with E-state index in [0.717, 1.165) is 0 Å². The van der Waals surface area contributed by atoms with E-state index >= 15 is 0 Å². The first-order valence-corrected chi connectivity index (χ1v) is 5.86. The Morgan fingerprint density at radius 1 is 1.17 bits per heavy atom. The normalized spacial score (nSPS) is 13.1. The van der Waals surface area contributed by atoms with Gasteiger partial charge in [0.25, 0.3) is 0 Å². The molecule has 6 heteroatoms. The van der Waals surface area contributed by atoms with E-state index in [2.05, 4.69) is 5.32 Å². The average molecular weight is 274 g/mol. The van der Waals surface area contributed by atoms with E-state index in [1.54, 1.807) is 30.3 Å². The summed E-state index contributed by atoms with van der Waals surface area (Å²) in [4.78, 5) is 11.9. The van der Waals surface area contributed by atoms with Gasteiger partial charge in [-0.25, -0.2) is 0 Å². The molecular formula is C12H16ClNO4. The van der Waals surface area contributed by atoms with Gasteiger partial charge in [0.1, 0.15) is 10.9 Å². The Morgan fingerprint density at radius 2 is 1.67 bits per heavy atom. The van der Waals surface area contributed by atoms with Crippen molar-refractivity contribution < 1.29 is 20.1 Å². The Bertz CT molecular complexity index is 373. The third kappa shape index (κ3) is 3.43. The summed E-state index contributed by atoms with van der Waals surface area (Å²) in [6.45, 7) is -1.74. The number of benzene rings is 1. The molecular weight excluding hydrogens is 258 g/mol. The molecule has 1 rings (SSSR count). The fourth-order valence-electron chi connectivity index (χ4n) is 1.37. The standard InChI is InChI=1S/C12H16ClNO4/c13-10(9-4-2-1-3-5-9)11(18)14-12(6-15,7-16)8-17/h1-5,10,15-17H,6-8H2,(H,14,18). The first-order valence-electron chi connectivity index (χ1n) is 5.42. The van der Waals surface area contributed by atoms with Crippen LogP contribution in [-0.4, -0.2) is 46.6 Å². The summed E-state index contributed by atoms with van der Waals surface area (Å²) in [6, 6.07) is 8.67. The van der Waals surface area contributed by atoms with Crippen LogP contribution in [0.3, 0.4) is 0 Å². The number of aliphatic hydroxyl groups excluding tert-OH is 3. The fraction of sp³-hybridized carbons (Fsp3) is 0.417. The van der Waals surface area contributed by atoms with Gasteiger partial charge in [-0.15, -0.1) is 11.6 Å². The van der Waals surface area contributed by atoms with E-state index in [9.17, 15) is 4.79 Å². The summed E-state index contributed by atoms with van der Waals surface area (Å²) in [5.41, 5.74) is -0.863. The molecule has 0 aliphatic carbocycles. The smallest absolute Gasteiger partial charge is 0.243 e. The average Bonchev–Trinajstić information content (AvgIpc) is 2.45. The lowest BCUT2D eigenvalue weighted by molar-refractivity contribution is -0.125. The van der Waals surface area contributed by atoms with Crippen molar-refractivity contribution in [3.63, 3.8) is 0 Å². The summed E-state index contributed by atoms with van der Waals surface area (Å²) in [6.07, 6.45) is 0. The second-order valence-corrected chi connectivity index (χ2v) is 4.45. The molecule has 0 bridgehead atoms. The van der Waals surface area contributed by atoms with Crippen molar-refractivity contribution in [2.24, 2.45) is 0 Å². The Morgan fingerprint density at radius 3 is 2.11 bits per heavy atom. The van der Waals surface area contributed by atoms with E-state index in [1.165, 1.54) is 0 Å². The van der Waals surface area contributed by atoms with Crippen LogP contribution in [0.5, 0.6) is 0 Å². The van der Waals surface area contributed by atoms with Gasteiger partial charge in [-0.3, -0.25) is 4.79 Å². The van der Waals surface area contributed by atoms with Crippen LogP contribution in [0, 0.1) is 0 Å². The molecule has 5 nitrogen and oxygen atoms in total. The maximum Gasteiger partial charge on any atom is 0.243 e. The zero-order valence-electron chi connectivity index (χ0n) is 9.71. The van der Waals surface area contributed by atoms with Crippen molar-refractivity contribution in [3.05, 3.63) is 35.9 Å². The number of carbonyl (C=O) groups excluding carboxylic acids is 1. The van der Waals surface area contributed by atoms with Crippen molar-refractivity contribution in [1.82, 2.24) is 5.32 Å². The largest absolute Gasteiger partial charge is 0.394 e. The van der Waals surface area contributed by atoms with E-state index in [4.69, 9.17) is 26.9 Å². The molecule has 1 aromatic carbocycles. The highest BCUT2D eigenvalue weighted by molar-refractivity contribution is 6.30. The molecule has 0 heterocycles. The third-order valence-corrected chi connectivity index (χ3v) is 3.07. The minimum Gasteiger partial charge on any atom is -0.394 e. The Kier molecular flexibility index (Phi) is 5.55. The van der Waals surface area contributed by atoms with Crippen LogP contribution >= 0.6 is 11.6 Å². The number of amides is 1. The molecule has 4 N–H and O–H groups in total. The third-order valence-electron chi connectivity index (χ3n) is 2.62. The second-order valence-electron chi connectivity index (χ2n) is 4.02. The van der Waals surface area contributed by atoms with Crippen LogP contribution in [0.1, 0.15) is 10.9 Å². The van der Waals surface area contributed by atoms with Crippen LogP contribution in [0.15, 0.2) is 30.3 Å². The van der Waals surface area contributed by atoms with Crippen LogP contribution in [0.4, 0.5) is 0 Å². The molecule has 100 valence electrons. The molecule has 0 aliphatic heterocycles. The second kappa shape index (κ2) is 6.70. The molecule has 1 atom stereocenters. The van der Waals surface area contributed by atoms with E-state index in [0.29, 0.717) is 5.56 Å². The lowest BCUT2D eigenvalue weighted by atomic mass is 10.0. The fourth-order valence-corrected chi connectivity index (χ4v) is 1.57. The van der Waals surface area contributed by atoms with Crippen LogP contribution in [-0.2, 0) is 4.79 Å². The lowest BCUT2D eigenvalue weighted by Gasteiger charge is -2.29. The maximum atomic E-state index is 11.9. The number of hydrogen-bond acceptors (Lipinski definition) is 4. The molecule has 0 radical (unpaired) electrons. The molecule has 18 heavy (non-hydrogen) atoms. The highest BCUT2D eigenvalue weighted by Crippen LogP contribution is 2.21. The number of halogens is 1. The quantitative estimate of drug-likeness (QED) is 0.541. The number of alkyl halides is 1. The molecule has 1 unspecified atom stereocenters. The molecule has 0 spiro atoms. The summed E-state index contributed by atoms with van der Waals surface area (Å²) in [5, 5.41) is 28.7. The maximum absolute atomic E-state index is 11.9. The van der Waals surface area contributed by atoms with Crippen LogP contribution in [0.25, 0.3) is 0 Å². The predicted octanol–water partition coefficient (Wildman–Crippen LogP) is -0.202. The topological polar surface area (TPSA) is 89.8 Å². The molecule has 0 aliphatic rings. The van der Waals surface area contributed by atoms with E-state index in [-0.39, 0.29) is 0 Å². The highest BCUT2D eigenvalue weighted by atomic mass is 35.5. The van der Waals surface area contributed by atoms with E-state index < -0.39 is 36.6 Å². The van der Waals surface area contributed by atoms with Gasteiger partial charge in [0.15, 0.2) is 0 Å². The lowest BCUT2D eigenvalue weighted by Crippen LogP contribution is -2.57. The molecule has 0 aromatic heterocycles. The summed E-state index contributed by atoms with van der Waals surface area (Å²) in [5.74, 6) is -0.583. The van der Waals surface area contributed by atoms with Gasteiger partial charge < -0.3 is 20.6 Å². The Hall–Kier alpha value is -1.14. The monoisotopic (exact) mass is 273 g/mol. The zero-order chi connectivity index (χ0) is 13.6. The summed E-state index contributed by atoms with van der Waals surface area (Å²) < 4.78 is 0. The van der Waals surface area contributed by atoms with Crippen molar-refractivity contribution in [3.8, 4) is 0 Å². The number of nitrogens with one attached hydrogen (secondary N) is 1. The SMILES string of the molecule is O=C(NC(CO)(CO)CO)C(Cl)c1ccccc1. The number of carbonyl (C=O) groups is 1. The first-order chi connectivity index (χ1) is 8.58. The van der Waals surface area contributed by atoms with Crippen molar-refractivity contribution in [2.75, 3.05) is 19.8 Å². The van der Waals surface area contributed by atoms with Crippen molar-refractivity contribution in [1.29, 1.82) is 0 Å². The summed E-state index contributed by atoms with van der Waals surface area (Å²) >= 11 is 5.98. The van der Waals surface area contributed by atoms with Gasteiger partial charge in [0.05, 0.1) is 19.8 Å². The number of aliphatic hydroxyl groups is 3. The van der Waals surface area contributed by atoms with Gasteiger partial charge in [0.2, 0.25) is 5.91 Å². The van der Waals surface area contributed by atoms with Crippen LogP contribution in [0.2, 0.25) is 0 Å². The van der Waals surface area contributed by atoms with Gasteiger partial charge in [-0.1, -0.05) is 30.3 Å². The van der Waals surface area contributed by atoms with Gasteiger partial charge in [0, 0.05) is 0 Å². The molecule has 1 amide bonds. The minimum absolute atomic E-state index is 0.579. The summed E-state index contributed by atoms with van der Waals surface area (Å²) in [7, 11) is 0. The predicted molar refractivity (Wildman–Crippen MR) is 67.2 cm³/mol. The van der Waals surface area contributed by atoms with Gasteiger partial charge in [-0.05, 0) is 5.56 Å². The molecule has 0 saturated carbocycles. The van der Waals surface area contributed by atoms with E-state index in [1.807, 2.05) is 0 Å². The molecule has 0 saturated heterocycles. The zero-order valence-corrected chi connectivity index (χ0v) is 10.5. The van der Waals surface area contributed by atoms with Gasteiger partial charge >= 0.3 is 0 Å². The molecule has 0 fully saturated rings.